The number of nitrogens with zero attached hydrogens (tertiary/aromatic N) is 1. The van der Waals surface area contributed by atoms with E-state index in [9.17, 15) is 9.59 Å². The number of nitrogens with two attached hydrogens (primary N) is 1. The molecule has 2 rings (SSSR count). The monoisotopic (exact) mass is 279 g/mol. The molecule has 0 bridgehead atoms. The van der Waals surface area contributed by atoms with Crippen LogP contribution >= 0.6 is 0 Å². The first kappa shape index (κ1) is 14.1. The number of rotatable bonds is 3. The van der Waals surface area contributed by atoms with Gasteiger partial charge in [0.2, 0.25) is 0 Å². The van der Waals surface area contributed by atoms with E-state index in [2.05, 4.69) is 5.32 Å². The Kier molecular flexibility index (Phi) is 4.09. The van der Waals surface area contributed by atoms with Crippen LogP contribution in [0.4, 0.5) is 16.2 Å². The number of hydrogen-bond donors (Lipinski definition) is 3. The van der Waals surface area contributed by atoms with Gasteiger partial charge in [-0.2, -0.15) is 0 Å². The van der Waals surface area contributed by atoms with Gasteiger partial charge >= 0.3 is 12.0 Å². The molecule has 0 radical (unpaired) electrons. The maximum Gasteiger partial charge on any atom is 0.335 e. The lowest BCUT2D eigenvalue weighted by molar-refractivity contribution is 0.0697. The fourth-order valence-electron chi connectivity index (χ4n) is 2.02. The van der Waals surface area contributed by atoms with Crippen LogP contribution in [0, 0.1) is 0 Å². The molecule has 1 atom stereocenters. The third kappa shape index (κ3) is 3.00. The van der Waals surface area contributed by atoms with Crippen molar-refractivity contribution >= 4 is 23.4 Å². The number of carboxylic acids is 1. The summed E-state index contributed by atoms with van der Waals surface area (Å²) in [5.74, 6) is -1.06. The molecule has 1 aromatic carbocycles. The summed E-state index contributed by atoms with van der Waals surface area (Å²) in [7, 11) is 1.58. The first-order valence-corrected chi connectivity index (χ1v) is 6.24. The number of urea groups is 1. The van der Waals surface area contributed by atoms with Gasteiger partial charge in [-0.15, -0.1) is 0 Å². The third-order valence-corrected chi connectivity index (χ3v) is 3.20. The van der Waals surface area contributed by atoms with Gasteiger partial charge in [0.15, 0.2) is 0 Å². The first-order chi connectivity index (χ1) is 9.49. The van der Waals surface area contributed by atoms with E-state index in [1.165, 1.54) is 23.1 Å². The number of carboxylic acid groups (broad SMARTS) is 1. The molecule has 0 spiro atoms. The molecule has 108 valence electrons. The van der Waals surface area contributed by atoms with Gasteiger partial charge in [-0.1, -0.05) is 0 Å². The molecule has 1 aliphatic heterocycles. The smallest absolute Gasteiger partial charge is 0.335 e. The normalized spacial score (nSPS) is 17.8. The Balaban J connectivity index is 2.09. The van der Waals surface area contributed by atoms with Gasteiger partial charge in [-0.3, -0.25) is 4.90 Å². The van der Waals surface area contributed by atoms with E-state index in [0.717, 1.165) is 6.42 Å². The molecule has 0 aromatic heterocycles. The topological polar surface area (TPSA) is 105 Å². The van der Waals surface area contributed by atoms with E-state index in [1.54, 1.807) is 7.05 Å². The first-order valence-electron chi connectivity index (χ1n) is 6.24. The fourth-order valence-corrected chi connectivity index (χ4v) is 2.02. The number of carbonyl (C=O) groups excluding carboxylic acids is 1. The average molecular weight is 279 g/mol. The van der Waals surface area contributed by atoms with Crippen LogP contribution < -0.4 is 16.0 Å². The highest BCUT2D eigenvalue weighted by Crippen LogP contribution is 2.23. The second kappa shape index (κ2) is 5.79. The molecule has 2 amide bonds. The highest BCUT2D eigenvalue weighted by atomic mass is 16.5. The number of nitrogen functional groups attached to an aromatic ring is 1. The standard InChI is InChI=1S/C13H17N3O4/c1-16(13(19)15-9-4-5-20-7-9)11-3-2-8(12(17)18)6-10(11)14/h2-3,6,9H,4-5,7,14H2,1H3,(H,15,19)(H,17,18). The van der Waals surface area contributed by atoms with Gasteiger partial charge in [0, 0.05) is 13.7 Å². The van der Waals surface area contributed by atoms with Crippen molar-refractivity contribution in [1.29, 1.82) is 0 Å². The fraction of sp³-hybridized carbons (Fsp3) is 0.385. The van der Waals surface area contributed by atoms with Gasteiger partial charge in [-0.05, 0) is 24.6 Å². The molecule has 1 aliphatic rings. The highest BCUT2D eigenvalue weighted by Gasteiger charge is 2.21. The SMILES string of the molecule is CN(C(=O)NC1CCOC1)c1ccc(C(=O)O)cc1N. The van der Waals surface area contributed by atoms with E-state index >= 15 is 0 Å². The highest BCUT2D eigenvalue weighted by molar-refractivity contribution is 5.97. The Hall–Kier alpha value is -2.28. The lowest BCUT2D eigenvalue weighted by Crippen LogP contribution is -2.43. The lowest BCUT2D eigenvalue weighted by Gasteiger charge is -2.22. The predicted molar refractivity (Wildman–Crippen MR) is 74.0 cm³/mol. The summed E-state index contributed by atoms with van der Waals surface area (Å²) in [6.45, 7) is 1.15. The second-order valence-corrected chi connectivity index (χ2v) is 4.65. The Labute approximate surface area is 116 Å². The minimum atomic E-state index is -1.06. The number of carbonyl (C=O) groups is 2. The number of ether oxygens (including phenoxy) is 1. The lowest BCUT2D eigenvalue weighted by atomic mass is 10.1. The Morgan fingerprint density at radius 1 is 1.50 bits per heavy atom. The number of nitrogens with one attached hydrogen (secondary N) is 1. The van der Waals surface area contributed by atoms with Crippen LogP contribution in [0.5, 0.6) is 0 Å². The number of amides is 2. The van der Waals surface area contributed by atoms with Crippen molar-refractivity contribution in [3.8, 4) is 0 Å². The zero-order chi connectivity index (χ0) is 14.7. The third-order valence-electron chi connectivity index (χ3n) is 3.20. The van der Waals surface area contributed by atoms with Crippen molar-refractivity contribution in [2.24, 2.45) is 0 Å². The van der Waals surface area contributed by atoms with Crippen LogP contribution in [0.1, 0.15) is 16.8 Å². The molecule has 0 aliphatic carbocycles. The van der Waals surface area contributed by atoms with E-state index in [4.69, 9.17) is 15.6 Å². The Morgan fingerprint density at radius 3 is 2.80 bits per heavy atom. The molecule has 20 heavy (non-hydrogen) atoms. The maximum absolute atomic E-state index is 12.1. The molecular weight excluding hydrogens is 262 g/mol. The maximum atomic E-state index is 12.1. The minimum absolute atomic E-state index is 0.00414. The summed E-state index contributed by atoms with van der Waals surface area (Å²) in [4.78, 5) is 24.3. The van der Waals surface area contributed by atoms with E-state index in [1.807, 2.05) is 0 Å². The molecule has 1 unspecified atom stereocenters. The number of anilines is 2. The zero-order valence-corrected chi connectivity index (χ0v) is 11.1. The zero-order valence-electron chi connectivity index (χ0n) is 11.1. The summed E-state index contributed by atoms with van der Waals surface area (Å²) in [5, 5.41) is 11.7. The predicted octanol–water partition coefficient (Wildman–Crippen LogP) is 0.902. The van der Waals surface area contributed by atoms with Gasteiger partial charge < -0.3 is 20.9 Å². The molecule has 7 heteroatoms. The minimum Gasteiger partial charge on any atom is -0.478 e. The van der Waals surface area contributed by atoms with Crippen molar-refractivity contribution in [2.45, 2.75) is 12.5 Å². The quantitative estimate of drug-likeness (QED) is 0.713. The summed E-state index contributed by atoms with van der Waals surface area (Å²) in [5.41, 5.74) is 6.59. The van der Waals surface area contributed by atoms with Crippen LogP contribution in [0.3, 0.4) is 0 Å². The molecule has 0 saturated carbocycles. The van der Waals surface area contributed by atoms with Gasteiger partial charge in [0.1, 0.15) is 0 Å². The molecule has 1 aromatic rings. The van der Waals surface area contributed by atoms with Crippen LogP contribution in [0.25, 0.3) is 0 Å². The number of aromatic carboxylic acids is 1. The number of benzene rings is 1. The van der Waals surface area contributed by atoms with Crippen molar-refractivity contribution in [3.05, 3.63) is 23.8 Å². The van der Waals surface area contributed by atoms with Crippen molar-refractivity contribution in [1.82, 2.24) is 5.32 Å². The largest absolute Gasteiger partial charge is 0.478 e. The van der Waals surface area contributed by atoms with Crippen molar-refractivity contribution in [2.75, 3.05) is 30.9 Å². The van der Waals surface area contributed by atoms with Gasteiger partial charge in [0.05, 0.1) is 29.6 Å². The van der Waals surface area contributed by atoms with Crippen LogP contribution in [0.2, 0.25) is 0 Å². The van der Waals surface area contributed by atoms with Crippen LogP contribution in [-0.4, -0.2) is 43.4 Å². The average Bonchev–Trinajstić information content (AvgIpc) is 2.90. The van der Waals surface area contributed by atoms with Crippen molar-refractivity contribution in [3.63, 3.8) is 0 Å². The Morgan fingerprint density at radius 2 is 2.25 bits per heavy atom. The number of hydrogen-bond acceptors (Lipinski definition) is 4. The summed E-state index contributed by atoms with van der Waals surface area (Å²) >= 11 is 0. The van der Waals surface area contributed by atoms with Crippen molar-refractivity contribution < 1.29 is 19.4 Å². The van der Waals surface area contributed by atoms with Gasteiger partial charge in [0.25, 0.3) is 0 Å². The summed E-state index contributed by atoms with van der Waals surface area (Å²) in [6.07, 6.45) is 0.785. The Bertz CT molecular complexity index is 526. The molecule has 7 nitrogen and oxygen atoms in total. The van der Waals surface area contributed by atoms with Crippen LogP contribution in [-0.2, 0) is 4.74 Å². The summed E-state index contributed by atoms with van der Waals surface area (Å²) < 4.78 is 5.19. The molecule has 4 N–H and O–H groups in total. The molecule has 1 heterocycles. The van der Waals surface area contributed by atoms with Crippen LogP contribution in [0.15, 0.2) is 18.2 Å². The summed E-state index contributed by atoms with van der Waals surface area (Å²) in [6, 6.07) is 3.97. The second-order valence-electron chi connectivity index (χ2n) is 4.65. The molecule has 1 saturated heterocycles. The van der Waals surface area contributed by atoms with E-state index < -0.39 is 5.97 Å². The molecule has 1 fully saturated rings. The van der Waals surface area contributed by atoms with E-state index in [0.29, 0.717) is 18.9 Å². The molecular formula is C13H17N3O4. The van der Waals surface area contributed by atoms with Gasteiger partial charge in [-0.25, -0.2) is 9.59 Å². The van der Waals surface area contributed by atoms with E-state index in [-0.39, 0.29) is 23.3 Å².